The molecule has 1 aromatic heterocycles. The summed E-state index contributed by atoms with van der Waals surface area (Å²) in [6.45, 7) is 2.35. The third kappa shape index (κ3) is 3.36. The molecule has 1 aliphatic rings. The molecule has 3 aromatic rings. The van der Waals surface area contributed by atoms with Crippen molar-refractivity contribution in [3.63, 3.8) is 0 Å². The predicted molar refractivity (Wildman–Crippen MR) is 109 cm³/mol. The van der Waals surface area contributed by atoms with Gasteiger partial charge in [-0.05, 0) is 30.7 Å². The van der Waals surface area contributed by atoms with E-state index < -0.39 is 17.7 Å². The molecule has 0 unspecified atom stereocenters. The molecule has 0 fully saturated rings. The molecule has 0 saturated heterocycles. The number of rotatable bonds is 5. The summed E-state index contributed by atoms with van der Waals surface area (Å²) < 4.78 is 8.24. The number of ether oxygens (including phenoxy) is 1. The van der Waals surface area contributed by atoms with Crippen molar-refractivity contribution < 1.29 is 19.1 Å². The number of thiazole rings is 1. The topological polar surface area (TPSA) is 81.0 Å². The van der Waals surface area contributed by atoms with Crippen LogP contribution >= 0.6 is 11.3 Å². The van der Waals surface area contributed by atoms with Crippen molar-refractivity contribution in [2.75, 3.05) is 13.7 Å². The van der Waals surface area contributed by atoms with Crippen LogP contribution < -0.4 is 9.54 Å². The van der Waals surface area contributed by atoms with Gasteiger partial charge in [0.15, 0.2) is 4.80 Å². The lowest BCUT2D eigenvalue weighted by molar-refractivity contribution is -0.118. The molecule has 2 heterocycles. The van der Waals surface area contributed by atoms with Gasteiger partial charge in [-0.15, -0.1) is 0 Å². The number of fused-ring (bicyclic) bond motifs is 2. The molecule has 3 amide bonds. The normalized spacial score (nSPS) is 14.0. The van der Waals surface area contributed by atoms with E-state index >= 15 is 0 Å². The smallest absolute Gasteiger partial charge is 0.268 e. The second-order valence-corrected chi connectivity index (χ2v) is 7.63. The van der Waals surface area contributed by atoms with E-state index in [0.29, 0.717) is 22.5 Å². The van der Waals surface area contributed by atoms with Gasteiger partial charge >= 0.3 is 0 Å². The number of carbonyl (C=O) groups excluding carboxylic acids is 3. The van der Waals surface area contributed by atoms with Gasteiger partial charge in [-0.3, -0.25) is 19.3 Å². The Labute approximate surface area is 170 Å². The van der Waals surface area contributed by atoms with Gasteiger partial charge in [0.05, 0.1) is 28.5 Å². The zero-order valence-electron chi connectivity index (χ0n) is 16.0. The maximum Gasteiger partial charge on any atom is 0.268 e. The Morgan fingerprint density at radius 2 is 1.79 bits per heavy atom. The Kier molecular flexibility index (Phi) is 5.02. The lowest BCUT2D eigenvalue weighted by Gasteiger charge is -2.10. The second kappa shape index (κ2) is 7.63. The Balaban J connectivity index is 1.67. The summed E-state index contributed by atoms with van der Waals surface area (Å²) in [7, 11) is 1.61. The number of hydrogen-bond acceptors (Lipinski definition) is 5. The largest absolute Gasteiger partial charge is 0.497 e. The summed E-state index contributed by atoms with van der Waals surface area (Å²) in [6, 6.07) is 12.3. The minimum absolute atomic E-state index is 0.320. The van der Waals surface area contributed by atoms with Gasteiger partial charge in [-0.1, -0.05) is 30.4 Å². The molecule has 0 saturated carbocycles. The molecule has 8 heteroatoms. The minimum Gasteiger partial charge on any atom is -0.497 e. The van der Waals surface area contributed by atoms with Crippen molar-refractivity contribution in [3.8, 4) is 5.75 Å². The molecule has 148 valence electrons. The van der Waals surface area contributed by atoms with Crippen LogP contribution in [0.15, 0.2) is 47.5 Å². The summed E-state index contributed by atoms with van der Waals surface area (Å²) in [5, 5.41) is 0. The van der Waals surface area contributed by atoms with Gasteiger partial charge in [-0.2, -0.15) is 4.99 Å². The maximum absolute atomic E-state index is 12.6. The number of hydrogen-bond donors (Lipinski definition) is 0. The van der Waals surface area contributed by atoms with E-state index in [1.54, 1.807) is 31.4 Å². The van der Waals surface area contributed by atoms with Crippen LogP contribution in [0, 0.1) is 0 Å². The van der Waals surface area contributed by atoms with Crippen molar-refractivity contribution in [3.05, 3.63) is 58.4 Å². The second-order valence-electron chi connectivity index (χ2n) is 6.62. The van der Waals surface area contributed by atoms with E-state index in [1.165, 1.54) is 11.3 Å². The zero-order chi connectivity index (χ0) is 20.5. The van der Waals surface area contributed by atoms with Crippen molar-refractivity contribution in [2.24, 2.45) is 4.99 Å². The van der Waals surface area contributed by atoms with Gasteiger partial charge in [0.1, 0.15) is 12.3 Å². The summed E-state index contributed by atoms with van der Waals surface area (Å²) in [5.41, 5.74) is 1.57. The first-order valence-corrected chi connectivity index (χ1v) is 10.0. The van der Waals surface area contributed by atoms with Crippen LogP contribution in [0.5, 0.6) is 5.75 Å². The molecule has 29 heavy (non-hydrogen) atoms. The van der Waals surface area contributed by atoms with E-state index in [4.69, 9.17) is 4.74 Å². The molecule has 0 aliphatic carbocycles. The Morgan fingerprint density at radius 1 is 1.10 bits per heavy atom. The Bertz CT molecular complexity index is 1170. The fraction of sp³-hybridized carbons (Fsp3) is 0.238. The minimum atomic E-state index is -0.539. The number of imide groups is 1. The number of methoxy groups -OCH3 is 1. The van der Waals surface area contributed by atoms with Crippen LogP contribution in [0.2, 0.25) is 0 Å². The highest BCUT2D eigenvalue weighted by Crippen LogP contribution is 2.24. The van der Waals surface area contributed by atoms with Crippen LogP contribution in [-0.4, -0.2) is 40.8 Å². The third-order valence-corrected chi connectivity index (χ3v) is 5.79. The summed E-state index contributed by atoms with van der Waals surface area (Å²) in [4.78, 5) is 43.3. The maximum atomic E-state index is 12.6. The van der Waals surface area contributed by atoms with E-state index in [-0.39, 0.29) is 6.54 Å². The first kappa shape index (κ1) is 19.1. The predicted octanol–water partition coefficient (Wildman–Crippen LogP) is 2.84. The first-order chi connectivity index (χ1) is 14.0. The number of benzene rings is 2. The fourth-order valence-electron chi connectivity index (χ4n) is 3.36. The van der Waals surface area contributed by atoms with Crippen LogP contribution in [0.25, 0.3) is 10.2 Å². The Hall–Kier alpha value is -3.26. The van der Waals surface area contributed by atoms with Crippen LogP contribution in [-0.2, 0) is 11.3 Å². The SMILES string of the molecule is CCCn1c(=NC(=O)CN2C(=O)c3ccccc3C2=O)sc2ccc(OC)cc21. The lowest BCUT2D eigenvalue weighted by atomic mass is 10.1. The van der Waals surface area contributed by atoms with Gasteiger partial charge in [-0.25, -0.2) is 0 Å². The van der Waals surface area contributed by atoms with Crippen LogP contribution in [0.3, 0.4) is 0 Å². The quantitative estimate of drug-likeness (QED) is 0.607. The van der Waals surface area contributed by atoms with Gasteiger partial charge < -0.3 is 9.30 Å². The molecule has 0 atom stereocenters. The van der Waals surface area contributed by atoms with Crippen molar-refractivity contribution >= 4 is 39.3 Å². The standard InChI is InChI=1S/C21H19N3O4S/c1-3-10-23-16-11-13(28-2)8-9-17(16)29-21(23)22-18(25)12-24-19(26)14-6-4-5-7-15(14)20(24)27/h4-9,11H,3,10,12H2,1-2H3. The number of nitrogens with zero attached hydrogens (tertiary/aromatic N) is 3. The molecule has 0 radical (unpaired) electrons. The van der Waals surface area contributed by atoms with Crippen LogP contribution in [0.4, 0.5) is 0 Å². The number of aryl methyl sites for hydroxylation is 1. The molecular weight excluding hydrogens is 390 g/mol. The molecule has 0 N–H and O–H groups in total. The molecular formula is C21H19N3O4S. The summed E-state index contributed by atoms with van der Waals surface area (Å²) in [5.74, 6) is -0.736. The molecule has 7 nitrogen and oxygen atoms in total. The third-order valence-electron chi connectivity index (χ3n) is 4.73. The molecule has 0 bridgehead atoms. The highest BCUT2D eigenvalue weighted by atomic mass is 32.1. The highest BCUT2D eigenvalue weighted by molar-refractivity contribution is 7.16. The molecule has 1 aliphatic heterocycles. The molecule has 2 aromatic carbocycles. The zero-order valence-corrected chi connectivity index (χ0v) is 16.9. The van der Waals surface area contributed by atoms with Crippen LogP contribution in [0.1, 0.15) is 34.1 Å². The number of aromatic nitrogens is 1. The van der Waals surface area contributed by atoms with Gasteiger partial charge in [0.25, 0.3) is 17.7 Å². The highest BCUT2D eigenvalue weighted by Gasteiger charge is 2.36. The van der Waals surface area contributed by atoms with Crippen molar-refractivity contribution in [1.82, 2.24) is 9.47 Å². The van der Waals surface area contributed by atoms with Crippen molar-refractivity contribution in [1.29, 1.82) is 0 Å². The number of carbonyl (C=O) groups is 3. The van der Waals surface area contributed by atoms with Gasteiger partial charge in [0, 0.05) is 12.6 Å². The molecule has 0 spiro atoms. The monoisotopic (exact) mass is 409 g/mol. The van der Waals surface area contributed by atoms with E-state index in [0.717, 1.165) is 27.3 Å². The first-order valence-electron chi connectivity index (χ1n) is 9.23. The fourth-order valence-corrected chi connectivity index (χ4v) is 4.41. The Morgan fingerprint density at radius 3 is 2.41 bits per heavy atom. The van der Waals surface area contributed by atoms with E-state index in [2.05, 4.69) is 4.99 Å². The lowest BCUT2D eigenvalue weighted by Crippen LogP contribution is -2.35. The van der Waals surface area contributed by atoms with E-state index in [9.17, 15) is 14.4 Å². The van der Waals surface area contributed by atoms with E-state index in [1.807, 2.05) is 29.7 Å². The van der Waals surface area contributed by atoms with Gasteiger partial charge in [0.2, 0.25) is 0 Å². The average Bonchev–Trinajstić information content (AvgIpc) is 3.18. The van der Waals surface area contributed by atoms with Crippen molar-refractivity contribution in [2.45, 2.75) is 19.9 Å². The number of amides is 3. The molecule has 4 rings (SSSR count). The average molecular weight is 409 g/mol. The summed E-state index contributed by atoms with van der Waals surface area (Å²) >= 11 is 1.39. The summed E-state index contributed by atoms with van der Waals surface area (Å²) in [6.07, 6.45) is 0.864.